The first-order valence-corrected chi connectivity index (χ1v) is 9.27. The number of rotatable bonds is 10. The van der Waals surface area contributed by atoms with Gasteiger partial charge in [0, 0.05) is 5.92 Å². The zero-order valence-corrected chi connectivity index (χ0v) is 16.1. The third kappa shape index (κ3) is 5.02. The quantitative estimate of drug-likeness (QED) is 0.391. The van der Waals surface area contributed by atoms with E-state index in [9.17, 15) is 0 Å². The highest BCUT2D eigenvalue weighted by atomic mass is 16.5. The Labute approximate surface area is 167 Å². The minimum Gasteiger partial charge on any atom is -0.388 e. The lowest BCUT2D eigenvalue weighted by Crippen LogP contribution is -2.04. The number of nitriles is 2. The molecule has 0 N–H and O–H groups in total. The summed E-state index contributed by atoms with van der Waals surface area (Å²) in [7, 11) is 0. The number of benzene rings is 2. The lowest BCUT2D eigenvalue weighted by atomic mass is 9.85. The third-order valence-electron chi connectivity index (χ3n) is 4.59. The van der Waals surface area contributed by atoms with E-state index in [4.69, 9.17) is 20.0 Å². The number of hydrogen-bond acceptors (Lipinski definition) is 4. The van der Waals surface area contributed by atoms with Gasteiger partial charge >= 0.3 is 0 Å². The van der Waals surface area contributed by atoms with Gasteiger partial charge in [-0.1, -0.05) is 49.8 Å². The van der Waals surface area contributed by atoms with Crippen LogP contribution in [0.4, 0.5) is 0 Å². The summed E-state index contributed by atoms with van der Waals surface area (Å²) >= 11 is 0. The first kappa shape index (κ1) is 20.8. The first-order chi connectivity index (χ1) is 13.7. The van der Waals surface area contributed by atoms with E-state index in [1.54, 1.807) is 24.7 Å². The van der Waals surface area contributed by atoms with Gasteiger partial charge in [-0.25, -0.2) is 0 Å². The molecule has 4 nitrogen and oxygen atoms in total. The predicted octanol–water partition coefficient (Wildman–Crippen LogP) is 5.80. The average molecular weight is 372 g/mol. The van der Waals surface area contributed by atoms with Gasteiger partial charge in [-0.05, 0) is 53.6 Å². The van der Waals surface area contributed by atoms with Crippen LogP contribution < -0.4 is 9.47 Å². The molecular formula is C24H24N2O2. The Bertz CT molecular complexity index is 846. The Balaban J connectivity index is 2.50. The highest BCUT2D eigenvalue weighted by Gasteiger charge is 2.17. The lowest BCUT2D eigenvalue weighted by molar-refractivity contribution is 0.500. The summed E-state index contributed by atoms with van der Waals surface area (Å²) in [5, 5.41) is 17.7. The van der Waals surface area contributed by atoms with Crippen molar-refractivity contribution in [2.24, 2.45) is 0 Å². The molecule has 0 heterocycles. The van der Waals surface area contributed by atoms with Crippen molar-refractivity contribution >= 4 is 0 Å². The fourth-order valence-corrected chi connectivity index (χ4v) is 3.37. The minimum atomic E-state index is 0.185. The van der Waals surface area contributed by atoms with Crippen molar-refractivity contribution in [2.75, 3.05) is 0 Å². The predicted molar refractivity (Wildman–Crippen MR) is 110 cm³/mol. The van der Waals surface area contributed by atoms with Gasteiger partial charge in [-0.15, -0.1) is 23.7 Å². The third-order valence-corrected chi connectivity index (χ3v) is 4.59. The maximum absolute atomic E-state index is 8.86. The zero-order chi connectivity index (χ0) is 20.4. The van der Waals surface area contributed by atoms with Crippen LogP contribution in [-0.2, 0) is 12.8 Å². The summed E-state index contributed by atoms with van der Waals surface area (Å²) in [6.07, 6.45) is 10.3. The van der Waals surface area contributed by atoms with E-state index in [1.807, 2.05) is 24.3 Å². The summed E-state index contributed by atoms with van der Waals surface area (Å²) in [4.78, 5) is 0. The van der Waals surface area contributed by atoms with Crippen molar-refractivity contribution in [3.8, 4) is 24.0 Å². The van der Waals surface area contributed by atoms with Crippen molar-refractivity contribution in [1.29, 1.82) is 10.5 Å². The van der Waals surface area contributed by atoms with Crippen LogP contribution in [0.25, 0.3) is 0 Å². The smallest absolute Gasteiger partial charge is 0.292 e. The number of hydrogen-bond donors (Lipinski definition) is 0. The second kappa shape index (κ2) is 10.6. The number of allylic oxidation sites excluding steroid dienone is 2. The molecule has 0 amide bonds. The van der Waals surface area contributed by atoms with Crippen LogP contribution in [0.1, 0.15) is 47.9 Å². The molecule has 0 saturated heterocycles. The summed E-state index contributed by atoms with van der Waals surface area (Å²) in [5.74, 6) is 1.31. The van der Waals surface area contributed by atoms with E-state index < -0.39 is 0 Å². The Hall–Kier alpha value is -3.50. The van der Waals surface area contributed by atoms with Crippen LogP contribution in [0.3, 0.4) is 0 Å². The molecule has 28 heavy (non-hydrogen) atoms. The van der Waals surface area contributed by atoms with Crippen molar-refractivity contribution in [1.82, 2.24) is 0 Å². The molecule has 2 aromatic rings. The first-order valence-electron chi connectivity index (χ1n) is 9.27. The monoisotopic (exact) mass is 372 g/mol. The summed E-state index contributed by atoms with van der Waals surface area (Å²) in [6.45, 7) is 9.75. The molecule has 0 saturated carbocycles. The Kier molecular flexibility index (Phi) is 7.88. The molecule has 2 rings (SSSR count). The van der Waals surface area contributed by atoms with E-state index in [0.717, 1.165) is 35.1 Å². The van der Waals surface area contributed by atoms with Crippen LogP contribution in [-0.4, -0.2) is 0 Å². The van der Waals surface area contributed by atoms with Crippen LogP contribution in [0.15, 0.2) is 61.7 Å². The molecule has 0 radical (unpaired) electrons. The van der Waals surface area contributed by atoms with Crippen molar-refractivity contribution in [2.45, 2.75) is 38.5 Å². The molecule has 0 atom stereocenters. The van der Waals surface area contributed by atoms with E-state index in [0.29, 0.717) is 24.3 Å². The van der Waals surface area contributed by atoms with Crippen LogP contribution >= 0.6 is 0 Å². The molecule has 142 valence electrons. The highest BCUT2D eigenvalue weighted by molar-refractivity contribution is 5.46. The Morgan fingerprint density at radius 3 is 1.71 bits per heavy atom. The number of nitrogens with zero attached hydrogens (tertiary/aromatic N) is 2. The maximum atomic E-state index is 8.86. The molecule has 0 aliphatic carbocycles. The van der Waals surface area contributed by atoms with E-state index in [1.165, 1.54) is 0 Å². The second-order valence-corrected chi connectivity index (χ2v) is 6.45. The van der Waals surface area contributed by atoms with E-state index >= 15 is 0 Å². The van der Waals surface area contributed by atoms with Crippen LogP contribution in [0.5, 0.6) is 11.5 Å². The largest absolute Gasteiger partial charge is 0.388 e. The van der Waals surface area contributed by atoms with Gasteiger partial charge < -0.3 is 9.47 Å². The number of ether oxygens (including phenoxy) is 2. The molecule has 4 heteroatoms. The lowest BCUT2D eigenvalue weighted by Gasteiger charge is -2.20. The average Bonchev–Trinajstić information content (AvgIpc) is 2.70. The fraction of sp³-hybridized carbons (Fsp3) is 0.250. The van der Waals surface area contributed by atoms with Gasteiger partial charge in [-0.2, -0.15) is 0 Å². The molecule has 0 spiro atoms. The maximum Gasteiger partial charge on any atom is 0.292 e. The highest BCUT2D eigenvalue weighted by Crippen LogP contribution is 2.35. The van der Waals surface area contributed by atoms with Gasteiger partial charge in [0.15, 0.2) is 0 Å². The summed E-state index contributed by atoms with van der Waals surface area (Å²) < 4.78 is 10.2. The fourth-order valence-electron chi connectivity index (χ4n) is 3.37. The van der Waals surface area contributed by atoms with Crippen molar-refractivity contribution < 1.29 is 9.47 Å². The van der Waals surface area contributed by atoms with Crippen molar-refractivity contribution in [3.63, 3.8) is 0 Å². The topological polar surface area (TPSA) is 66.0 Å². The minimum absolute atomic E-state index is 0.185. The van der Waals surface area contributed by atoms with Gasteiger partial charge in [0.25, 0.3) is 12.5 Å². The van der Waals surface area contributed by atoms with Crippen molar-refractivity contribution in [3.05, 3.63) is 84.0 Å². The normalized spacial score (nSPS) is 10.0. The Morgan fingerprint density at radius 2 is 1.36 bits per heavy atom. The van der Waals surface area contributed by atoms with E-state index in [2.05, 4.69) is 32.2 Å². The summed E-state index contributed by atoms with van der Waals surface area (Å²) in [6, 6.07) is 11.9. The SMILES string of the molecule is C=CCc1cc(C(CCC)c2ccc(OC#N)c(CC=C)c2)ccc1OC#N. The zero-order valence-electron chi connectivity index (χ0n) is 16.1. The van der Waals surface area contributed by atoms with Gasteiger partial charge in [0.05, 0.1) is 0 Å². The van der Waals surface area contributed by atoms with Crippen LogP contribution in [0.2, 0.25) is 0 Å². The molecular weight excluding hydrogens is 348 g/mol. The molecule has 0 unspecified atom stereocenters. The molecule has 0 aliphatic rings. The second-order valence-electron chi connectivity index (χ2n) is 6.45. The van der Waals surface area contributed by atoms with E-state index in [-0.39, 0.29) is 5.92 Å². The van der Waals surface area contributed by atoms with Gasteiger partial charge in [0.2, 0.25) is 0 Å². The van der Waals surface area contributed by atoms with Crippen LogP contribution in [0, 0.1) is 23.0 Å². The Morgan fingerprint density at radius 1 is 0.893 bits per heavy atom. The molecule has 0 aliphatic heterocycles. The summed E-state index contributed by atoms with van der Waals surface area (Å²) in [5.41, 5.74) is 4.18. The molecule has 2 aromatic carbocycles. The molecule has 0 fully saturated rings. The molecule has 0 aromatic heterocycles. The van der Waals surface area contributed by atoms with Gasteiger partial charge in [0.1, 0.15) is 11.5 Å². The van der Waals surface area contributed by atoms with Gasteiger partial charge in [-0.3, -0.25) is 0 Å². The standard InChI is InChI=1S/C24H24N2O2/c1-4-7-20-14-18(10-12-23(20)27-16-25)22(9-6-3)19-11-13-24(28-17-26)21(15-19)8-5-2/h4-5,10-15,22H,1-2,6-9H2,3H3. The molecule has 0 bridgehead atoms.